The van der Waals surface area contributed by atoms with E-state index in [9.17, 15) is 0 Å². The molecule has 0 aromatic rings. The molecule has 2 heteroatoms. The summed E-state index contributed by atoms with van der Waals surface area (Å²) in [4.78, 5) is 0. The molecule has 1 saturated carbocycles. The number of hydrogen-bond donors (Lipinski definition) is 2. The van der Waals surface area contributed by atoms with E-state index in [-0.39, 0.29) is 5.54 Å². The van der Waals surface area contributed by atoms with Gasteiger partial charge >= 0.3 is 0 Å². The van der Waals surface area contributed by atoms with Crippen LogP contribution in [0.3, 0.4) is 0 Å². The number of rotatable bonds is 5. The summed E-state index contributed by atoms with van der Waals surface area (Å²) in [5.74, 6) is 9.03. The fraction of sp³-hybridized carbons (Fsp3) is 1.00. The van der Waals surface area contributed by atoms with E-state index in [1.807, 2.05) is 0 Å². The maximum Gasteiger partial charge on any atom is 0.0377 e. The Labute approximate surface area is 108 Å². The van der Waals surface area contributed by atoms with Crippen LogP contribution in [0, 0.1) is 23.7 Å². The van der Waals surface area contributed by atoms with Gasteiger partial charge in [0.2, 0.25) is 0 Å². The second-order valence-electron chi connectivity index (χ2n) is 6.37. The van der Waals surface area contributed by atoms with Gasteiger partial charge in [-0.05, 0) is 42.9 Å². The van der Waals surface area contributed by atoms with Crippen LogP contribution in [-0.2, 0) is 0 Å². The molecule has 17 heavy (non-hydrogen) atoms. The summed E-state index contributed by atoms with van der Waals surface area (Å²) < 4.78 is 0. The summed E-state index contributed by atoms with van der Waals surface area (Å²) >= 11 is 0. The Kier molecular flexibility index (Phi) is 5.46. The summed E-state index contributed by atoms with van der Waals surface area (Å²) in [7, 11) is 0. The standard InChI is InChI=1S/C15H32N2/c1-6-8-14(7-2)15(17-16)10-12(4)11(3)9-13(15)5/h11-14,17H,6-10,16H2,1-5H3. The first-order chi connectivity index (χ1) is 8.01. The SMILES string of the molecule is CCCC(CC)C1(NN)CC(C)C(C)CC1C. The third-order valence-corrected chi connectivity index (χ3v) is 5.36. The first-order valence-electron chi connectivity index (χ1n) is 7.49. The van der Waals surface area contributed by atoms with E-state index in [1.165, 1.54) is 32.1 Å². The molecule has 1 fully saturated rings. The van der Waals surface area contributed by atoms with Gasteiger partial charge in [-0.25, -0.2) is 0 Å². The highest BCUT2D eigenvalue weighted by Gasteiger charge is 2.46. The van der Waals surface area contributed by atoms with Gasteiger partial charge in [0.1, 0.15) is 0 Å². The minimum Gasteiger partial charge on any atom is -0.271 e. The predicted molar refractivity (Wildman–Crippen MR) is 75.5 cm³/mol. The van der Waals surface area contributed by atoms with Crippen molar-refractivity contribution in [2.75, 3.05) is 0 Å². The van der Waals surface area contributed by atoms with Crippen LogP contribution in [0.4, 0.5) is 0 Å². The lowest BCUT2D eigenvalue weighted by molar-refractivity contribution is 0.0255. The van der Waals surface area contributed by atoms with Crippen LogP contribution in [0.15, 0.2) is 0 Å². The Bertz CT molecular complexity index is 229. The molecular formula is C15H32N2. The van der Waals surface area contributed by atoms with Crippen LogP contribution in [0.25, 0.3) is 0 Å². The minimum atomic E-state index is 0.177. The molecule has 5 atom stereocenters. The molecule has 0 aromatic heterocycles. The molecule has 1 aliphatic rings. The third kappa shape index (κ3) is 2.85. The molecule has 2 nitrogen and oxygen atoms in total. The van der Waals surface area contributed by atoms with Crippen molar-refractivity contribution in [3.8, 4) is 0 Å². The number of hydrogen-bond acceptors (Lipinski definition) is 2. The Morgan fingerprint density at radius 3 is 2.35 bits per heavy atom. The second kappa shape index (κ2) is 6.19. The summed E-state index contributed by atoms with van der Waals surface area (Å²) in [6, 6.07) is 0. The molecule has 0 aliphatic heterocycles. The average Bonchev–Trinajstić information content (AvgIpc) is 2.31. The van der Waals surface area contributed by atoms with Gasteiger partial charge in [0.05, 0.1) is 0 Å². The van der Waals surface area contributed by atoms with Crippen molar-refractivity contribution in [2.24, 2.45) is 29.5 Å². The monoisotopic (exact) mass is 240 g/mol. The summed E-state index contributed by atoms with van der Waals surface area (Å²) in [5, 5.41) is 0. The van der Waals surface area contributed by atoms with Crippen molar-refractivity contribution in [3.05, 3.63) is 0 Å². The summed E-state index contributed by atoms with van der Waals surface area (Å²) in [5.41, 5.74) is 3.43. The molecule has 3 N–H and O–H groups in total. The van der Waals surface area contributed by atoms with Crippen molar-refractivity contribution in [1.82, 2.24) is 5.43 Å². The average molecular weight is 240 g/mol. The highest BCUT2D eigenvalue weighted by atomic mass is 15.3. The first kappa shape index (κ1) is 15.0. The van der Waals surface area contributed by atoms with E-state index in [0.29, 0.717) is 5.92 Å². The van der Waals surface area contributed by atoms with Crippen LogP contribution in [0.5, 0.6) is 0 Å². The van der Waals surface area contributed by atoms with Gasteiger partial charge in [-0.1, -0.05) is 47.5 Å². The Balaban J connectivity index is 2.91. The molecule has 0 heterocycles. The van der Waals surface area contributed by atoms with Crippen molar-refractivity contribution >= 4 is 0 Å². The van der Waals surface area contributed by atoms with E-state index in [1.54, 1.807) is 0 Å². The van der Waals surface area contributed by atoms with Crippen LogP contribution >= 0.6 is 0 Å². The Morgan fingerprint density at radius 1 is 1.24 bits per heavy atom. The van der Waals surface area contributed by atoms with Gasteiger partial charge in [0.25, 0.3) is 0 Å². The lowest BCUT2D eigenvalue weighted by Gasteiger charge is -2.51. The van der Waals surface area contributed by atoms with Crippen molar-refractivity contribution in [3.63, 3.8) is 0 Å². The van der Waals surface area contributed by atoms with Crippen molar-refractivity contribution in [2.45, 2.75) is 72.3 Å². The maximum atomic E-state index is 5.99. The number of nitrogens with one attached hydrogen (secondary N) is 1. The number of nitrogens with two attached hydrogens (primary N) is 1. The third-order valence-electron chi connectivity index (χ3n) is 5.36. The normalized spacial score (nSPS) is 40.2. The quantitative estimate of drug-likeness (QED) is 0.568. The minimum absolute atomic E-state index is 0.177. The molecule has 0 aromatic carbocycles. The lowest BCUT2D eigenvalue weighted by atomic mass is 9.59. The van der Waals surface area contributed by atoms with Crippen LogP contribution < -0.4 is 11.3 Å². The molecule has 0 spiro atoms. The van der Waals surface area contributed by atoms with Crippen LogP contribution in [0.2, 0.25) is 0 Å². The van der Waals surface area contributed by atoms with E-state index >= 15 is 0 Å². The predicted octanol–water partition coefficient (Wildman–Crippen LogP) is 3.72. The molecule has 0 radical (unpaired) electrons. The zero-order valence-corrected chi connectivity index (χ0v) is 12.4. The molecule has 0 saturated heterocycles. The summed E-state index contributed by atoms with van der Waals surface area (Å²) in [6.07, 6.45) is 6.35. The molecular weight excluding hydrogens is 208 g/mol. The van der Waals surface area contributed by atoms with Crippen LogP contribution in [-0.4, -0.2) is 5.54 Å². The molecule has 102 valence electrons. The maximum absolute atomic E-state index is 5.99. The Hall–Kier alpha value is -0.0800. The highest BCUT2D eigenvalue weighted by molar-refractivity contribution is 5.01. The van der Waals surface area contributed by atoms with E-state index < -0.39 is 0 Å². The lowest BCUT2D eigenvalue weighted by Crippen LogP contribution is -2.62. The summed E-state index contributed by atoms with van der Waals surface area (Å²) in [6.45, 7) is 11.8. The Morgan fingerprint density at radius 2 is 1.88 bits per heavy atom. The number of hydrazine groups is 1. The second-order valence-corrected chi connectivity index (χ2v) is 6.37. The molecule has 0 bridgehead atoms. The van der Waals surface area contributed by atoms with Gasteiger partial charge in [0, 0.05) is 5.54 Å². The topological polar surface area (TPSA) is 38.0 Å². The largest absolute Gasteiger partial charge is 0.271 e. The zero-order chi connectivity index (χ0) is 13.1. The van der Waals surface area contributed by atoms with Gasteiger partial charge in [-0.2, -0.15) is 0 Å². The van der Waals surface area contributed by atoms with Gasteiger partial charge in [-0.15, -0.1) is 0 Å². The highest BCUT2D eigenvalue weighted by Crippen LogP contribution is 2.46. The molecule has 1 aliphatic carbocycles. The first-order valence-corrected chi connectivity index (χ1v) is 7.49. The van der Waals surface area contributed by atoms with Gasteiger partial charge in [-0.3, -0.25) is 11.3 Å². The van der Waals surface area contributed by atoms with Crippen molar-refractivity contribution in [1.29, 1.82) is 0 Å². The van der Waals surface area contributed by atoms with Gasteiger partial charge < -0.3 is 0 Å². The van der Waals surface area contributed by atoms with Crippen LogP contribution in [0.1, 0.15) is 66.7 Å². The fourth-order valence-corrected chi connectivity index (χ4v) is 4.00. The van der Waals surface area contributed by atoms with Crippen molar-refractivity contribution < 1.29 is 0 Å². The van der Waals surface area contributed by atoms with Gasteiger partial charge in [0.15, 0.2) is 0 Å². The van der Waals surface area contributed by atoms with E-state index in [0.717, 1.165) is 17.8 Å². The smallest absolute Gasteiger partial charge is 0.0377 e. The molecule has 5 unspecified atom stereocenters. The zero-order valence-electron chi connectivity index (χ0n) is 12.4. The molecule has 1 rings (SSSR count). The molecule has 0 amide bonds. The van der Waals surface area contributed by atoms with E-state index in [2.05, 4.69) is 40.0 Å². The van der Waals surface area contributed by atoms with E-state index in [4.69, 9.17) is 5.84 Å². The fourth-order valence-electron chi connectivity index (χ4n) is 4.00.